The van der Waals surface area contributed by atoms with Gasteiger partial charge in [-0.3, -0.25) is 9.59 Å². The van der Waals surface area contributed by atoms with E-state index in [1.54, 1.807) is 0 Å². The number of hydrogen-bond donors (Lipinski definition) is 2. The van der Waals surface area contributed by atoms with E-state index < -0.39 is 0 Å². The Hall–Kier alpha value is -1.84. The van der Waals surface area contributed by atoms with Crippen LogP contribution in [0.5, 0.6) is 0 Å². The summed E-state index contributed by atoms with van der Waals surface area (Å²) in [4.78, 5) is 23.0. The highest BCUT2D eigenvalue weighted by Gasteiger charge is 2.26. The van der Waals surface area contributed by atoms with Crippen LogP contribution in [0.4, 0.5) is 0 Å². The summed E-state index contributed by atoms with van der Waals surface area (Å²) in [6, 6.07) is 6.15. The molecule has 1 saturated heterocycles. The summed E-state index contributed by atoms with van der Waals surface area (Å²) < 4.78 is 0. The van der Waals surface area contributed by atoms with E-state index in [0.29, 0.717) is 19.4 Å². The fourth-order valence-electron chi connectivity index (χ4n) is 3.02. The topological polar surface area (TPSA) is 58.2 Å². The summed E-state index contributed by atoms with van der Waals surface area (Å²) >= 11 is 0. The molecule has 2 aliphatic rings. The van der Waals surface area contributed by atoms with E-state index in [1.807, 2.05) is 0 Å². The largest absolute Gasteiger partial charge is 0.350 e. The van der Waals surface area contributed by atoms with Crippen molar-refractivity contribution in [3.63, 3.8) is 0 Å². The molecule has 3 rings (SSSR count). The number of carbonyl (C=O) groups is 2. The molecule has 1 aliphatic heterocycles. The number of nitrogens with one attached hydrogen (secondary N) is 2. The normalized spacial score (nSPS) is 21.2. The predicted octanol–water partition coefficient (Wildman–Crippen LogP) is 1.46. The predicted molar refractivity (Wildman–Crippen MR) is 76.1 cm³/mol. The molecule has 1 aliphatic carbocycles. The Morgan fingerprint density at radius 3 is 2.75 bits per heavy atom. The minimum absolute atomic E-state index is 0.0288. The molecule has 1 unspecified atom stereocenters. The third-order valence-electron chi connectivity index (χ3n) is 4.19. The maximum atomic E-state index is 11.9. The molecule has 4 heteroatoms. The van der Waals surface area contributed by atoms with Crippen molar-refractivity contribution in [3.05, 3.63) is 34.9 Å². The van der Waals surface area contributed by atoms with Crippen LogP contribution >= 0.6 is 0 Å². The smallest absolute Gasteiger partial charge is 0.242 e. The Labute approximate surface area is 118 Å². The molecule has 1 fully saturated rings. The third kappa shape index (κ3) is 2.84. The van der Waals surface area contributed by atoms with Crippen molar-refractivity contribution < 1.29 is 9.59 Å². The van der Waals surface area contributed by atoms with Crippen molar-refractivity contribution >= 4 is 11.8 Å². The second-order valence-electron chi connectivity index (χ2n) is 5.69. The summed E-state index contributed by atoms with van der Waals surface area (Å²) in [5.41, 5.74) is 4.02. The molecule has 0 aromatic heterocycles. The van der Waals surface area contributed by atoms with Gasteiger partial charge in [-0.1, -0.05) is 18.2 Å². The van der Waals surface area contributed by atoms with Crippen molar-refractivity contribution in [2.75, 3.05) is 0 Å². The number of hydrogen-bond acceptors (Lipinski definition) is 2. The highest BCUT2D eigenvalue weighted by Crippen LogP contribution is 2.22. The van der Waals surface area contributed by atoms with E-state index in [4.69, 9.17) is 0 Å². The Balaban J connectivity index is 1.58. The van der Waals surface area contributed by atoms with Gasteiger partial charge in [-0.25, -0.2) is 0 Å². The van der Waals surface area contributed by atoms with Crippen molar-refractivity contribution in [1.29, 1.82) is 0 Å². The number of carbonyl (C=O) groups excluding carboxylic acids is 2. The number of amides is 2. The lowest BCUT2D eigenvalue weighted by atomic mass is 9.90. The Kier molecular flexibility index (Phi) is 3.72. The molecule has 1 heterocycles. The first-order valence-electron chi connectivity index (χ1n) is 7.40. The van der Waals surface area contributed by atoms with E-state index in [-0.39, 0.29) is 17.9 Å². The van der Waals surface area contributed by atoms with Gasteiger partial charge in [-0.05, 0) is 48.8 Å². The fourth-order valence-corrected chi connectivity index (χ4v) is 3.02. The minimum atomic E-state index is -0.347. The van der Waals surface area contributed by atoms with Crippen molar-refractivity contribution in [2.45, 2.75) is 51.1 Å². The zero-order chi connectivity index (χ0) is 13.9. The van der Waals surface area contributed by atoms with Crippen LogP contribution in [0.25, 0.3) is 0 Å². The van der Waals surface area contributed by atoms with Crippen LogP contribution in [0, 0.1) is 0 Å². The standard InChI is InChI=1S/C16H20N2O2/c19-15-8-7-14(18-15)16(20)17-10-11-5-6-12-3-1-2-4-13(12)9-11/h5-6,9,14H,1-4,7-8,10H2,(H,17,20)(H,18,19). The van der Waals surface area contributed by atoms with Crippen LogP contribution in [-0.2, 0) is 29.0 Å². The summed E-state index contributed by atoms with van der Waals surface area (Å²) in [6.45, 7) is 0.540. The van der Waals surface area contributed by atoms with Gasteiger partial charge in [0, 0.05) is 13.0 Å². The molecule has 0 bridgehead atoms. The van der Waals surface area contributed by atoms with Gasteiger partial charge in [0.2, 0.25) is 11.8 Å². The van der Waals surface area contributed by atoms with Crippen LogP contribution < -0.4 is 10.6 Å². The van der Waals surface area contributed by atoms with Crippen LogP contribution in [0.1, 0.15) is 42.4 Å². The molecule has 1 aromatic carbocycles. The van der Waals surface area contributed by atoms with Crippen LogP contribution in [0.2, 0.25) is 0 Å². The zero-order valence-corrected chi connectivity index (χ0v) is 11.6. The van der Waals surface area contributed by atoms with Gasteiger partial charge in [-0.15, -0.1) is 0 Å². The van der Waals surface area contributed by atoms with Gasteiger partial charge in [-0.2, -0.15) is 0 Å². The van der Waals surface area contributed by atoms with Gasteiger partial charge < -0.3 is 10.6 Å². The quantitative estimate of drug-likeness (QED) is 0.875. The Bertz CT molecular complexity index is 539. The molecule has 106 valence electrons. The maximum absolute atomic E-state index is 11.9. The van der Waals surface area contributed by atoms with Gasteiger partial charge in [0.25, 0.3) is 0 Å². The SMILES string of the molecule is O=C1CCC(C(=O)NCc2ccc3c(c2)CCCC3)N1. The second-order valence-corrected chi connectivity index (χ2v) is 5.69. The molecular weight excluding hydrogens is 252 g/mol. The number of benzene rings is 1. The van der Waals surface area contributed by atoms with Crippen molar-refractivity contribution in [2.24, 2.45) is 0 Å². The number of aryl methyl sites for hydroxylation is 2. The first-order chi connectivity index (χ1) is 9.72. The van der Waals surface area contributed by atoms with Gasteiger partial charge in [0.15, 0.2) is 0 Å². The molecule has 1 aromatic rings. The van der Waals surface area contributed by atoms with E-state index in [9.17, 15) is 9.59 Å². The van der Waals surface area contributed by atoms with Crippen molar-refractivity contribution in [1.82, 2.24) is 10.6 Å². The summed E-state index contributed by atoms with van der Waals surface area (Å²) in [5.74, 6) is -0.104. The zero-order valence-electron chi connectivity index (χ0n) is 11.6. The first-order valence-corrected chi connectivity index (χ1v) is 7.40. The molecule has 2 amide bonds. The summed E-state index contributed by atoms with van der Waals surface area (Å²) in [5, 5.41) is 5.60. The molecule has 4 nitrogen and oxygen atoms in total. The third-order valence-corrected chi connectivity index (χ3v) is 4.19. The lowest BCUT2D eigenvalue weighted by molar-refractivity contribution is -0.125. The van der Waals surface area contributed by atoms with Gasteiger partial charge >= 0.3 is 0 Å². The number of fused-ring (bicyclic) bond motifs is 1. The summed E-state index contributed by atoms with van der Waals surface area (Å²) in [6.07, 6.45) is 5.93. The summed E-state index contributed by atoms with van der Waals surface area (Å²) in [7, 11) is 0. The van der Waals surface area contributed by atoms with Crippen LogP contribution in [0.3, 0.4) is 0 Å². The Morgan fingerprint density at radius 1 is 1.20 bits per heavy atom. The molecule has 1 atom stereocenters. The molecule has 2 N–H and O–H groups in total. The average Bonchev–Trinajstić information content (AvgIpc) is 2.91. The lowest BCUT2D eigenvalue weighted by Crippen LogP contribution is -2.41. The average molecular weight is 272 g/mol. The minimum Gasteiger partial charge on any atom is -0.350 e. The van der Waals surface area contributed by atoms with E-state index >= 15 is 0 Å². The lowest BCUT2D eigenvalue weighted by Gasteiger charge is -2.17. The Morgan fingerprint density at radius 2 is 2.00 bits per heavy atom. The highest BCUT2D eigenvalue weighted by molar-refractivity contribution is 5.90. The molecule has 0 saturated carbocycles. The first kappa shape index (κ1) is 13.2. The van der Waals surface area contributed by atoms with Crippen LogP contribution in [0.15, 0.2) is 18.2 Å². The molecular formula is C16H20N2O2. The van der Waals surface area contributed by atoms with Gasteiger partial charge in [0.05, 0.1) is 0 Å². The molecule has 0 radical (unpaired) electrons. The van der Waals surface area contributed by atoms with E-state index in [2.05, 4.69) is 28.8 Å². The maximum Gasteiger partial charge on any atom is 0.242 e. The fraction of sp³-hybridized carbons (Fsp3) is 0.500. The monoisotopic (exact) mass is 272 g/mol. The highest BCUT2D eigenvalue weighted by atomic mass is 16.2. The van der Waals surface area contributed by atoms with E-state index in [0.717, 1.165) is 12.0 Å². The molecule has 0 spiro atoms. The second kappa shape index (κ2) is 5.65. The number of rotatable bonds is 3. The van der Waals surface area contributed by atoms with E-state index in [1.165, 1.54) is 30.4 Å². The van der Waals surface area contributed by atoms with Crippen molar-refractivity contribution in [3.8, 4) is 0 Å². The van der Waals surface area contributed by atoms with Crippen LogP contribution in [-0.4, -0.2) is 17.9 Å². The molecule has 20 heavy (non-hydrogen) atoms. The van der Waals surface area contributed by atoms with Gasteiger partial charge in [0.1, 0.15) is 6.04 Å².